The number of rotatable bonds is 8. The van der Waals surface area contributed by atoms with E-state index in [0.717, 1.165) is 0 Å². The maximum Gasteiger partial charge on any atom is 0.212 e. The Hall–Kier alpha value is -0.170. The van der Waals surface area contributed by atoms with Crippen LogP contribution in [-0.4, -0.2) is 47.0 Å². The predicted molar refractivity (Wildman–Crippen MR) is 56.8 cm³/mol. The summed E-state index contributed by atoms with van der Waals surface area (Å²) >= 11 is 0. The molecular weight excluding hydrogens is 204 g/mol. The van der Waals surface area contributed by atoms with E-state index in [4.69, 9.17) is 4.74 Å². The largest absolute Gasteiger partial charge is 0.383 e. The number of nitrogens with one attached hydrogen (secondary N) is 2. The summed E-state index contributed by atoms with van der Waals surface area (Å²) in [6.45, 7) is 5.16. The van der Waals surface area contributed by atoms with E-state index < -0.39 is 10.0 Å². The molecule has 0 spiro atoms. The first-order valence-corrected chi connectivity index (χ1v) is 6.33. The minimum atomic E-state index is -3.14. The van der Waals surface area contributed by atoms with E-state index in [1.54, 1.807) is 0 Å². The normalized spacial score (nSPS) is 12.3. The fourth-order valence-electron chi connectivity index (χ4n) is 0.853. The van der Waals surface area contributed by atoms with Crippen molar-refractivity contribution in [2.24, 2.45) is 0 Å². The van der Waals surface area contributed by atoms with Crippen molar-refractivity contribution in [2.45, 2.75) is 19.9 Å². The summed E-state index contributed by atoms with van der Waals surface area (Å²) < 4.78 is 29.7. The molecule has 0 saturated carbocycles. The van der Waals surface area contributed by atoms with Gasteiger partial charge in [-0.1, -0.05) is 13.8 Å². The van der Waals surface area contributed by atoms with E-state index in [-0.39, 0.29) is 5.75 Å². The van der Waals surface area contributed by atoms with Crippen LogP contribution in [0.1, 0.15) is 13.8 Å². The summed E-state index contributed by atoms with van der Waals surface area (Å²) in [5.74, 6) is 0.106. The molecular formula is C8H20N2O3S. The Bertz CT molecular complexity index is 227. The number of methoxy groups -OCH3 is 1. The zero-order chi connectivity index (χ0) is 11.0. The average molecular weight is 224 g/mol. The number of ether oxygens (including phenoxy) is 1. The predicted octanol–water partition coefficient (Wildman–Crippen LogP) is -0.450. The smallest absolute Gasteiger partial charge is 0.212 e. The zero-order valence-electron chi connectivity index (χ0n) is 9.04. The van der Waals surface area contributed by atoms with Gasteiger partial charge in [0.25, 0.3) is 0 Å². The summed E-state index contributed by atoms with van der Waals surface area (Å²) in [5.41, 5.74) is 0. The van der Waals surface area contributed by atoms with Crippen molar-refractivity contribution in [3.05, 3.63) is 0 Å². The fraction of sp³-hybridized carbons (Fsp3) is 1.00. The van der Waals surface area contributed by atoms with E-state index in [2.05, 4.69) is 10.0 Å². The van der Waals surface area contributed by atoms with E-state index >= 15 is 0 Å². The van der Waals surface area contributed by atoms with Gasteiger partial charge in [0.15, 0.2) is 0 Å². The molecule has 0 aliphatic heterocycles. The van der Waals surface area contributed by atoms with E-state index in [9.17, 15) is 8.42 Å². The lowest BCUT2D eigenvalue weighted by molar-refractivity contribution is 0.204. The lowest BCUT2D eigenvalue weighted by Gasteiger charge is -2.09. The van der Waals surface area contributed by atoms with E-state index in [1.165, 1.54) is 7.11 Å². The summed E-state index contributed by atoms with van der Waals surface area (Å²) in [4.78, 5) is 0. The van der Waals surface area contributed by atoms with Crippen LogP contribution in [0.25, 0.3) is 0 Å². The SMILES string of the molecule is COCCNS(=O)(=O)CCNC(C)C. The van der Waals surface area contributed by atoms with Gasteiger partial charge in [-0.05, 0) is 0 Å². The van der Waals surface area contributed by atoms with Crippen molar-refractivity contribution in [3.8, 4) is 0 Å². The summed E-state index contributed by atoms with van der Waals surface area (Å²) in [6, 6.07) is 0.309. The molecule has 0 aromatic heterocycles. The first-order chi connectivity index (χ1) is 6.48. The van der Waals surface area contributed by atoms with Crippen LogP contribution in [0, 0.1) is 0 Å². The molecule has 0 heterocycles. The van der Waals surface area contributed by atoms with Crippen LogP contribution < -0.4 is 10.0 Å². The average Bonchev–Trinajstić information content (AvgIpc) is 2.03. The highest BCUT2D eigenvalue weighted by molar-refractivity contribution is 7.89. The Balaban J connectivity index is 3.62. The van der Waals surface area contributed by atoms with Crippen molar-refractivity contribution < 1.29 is 13.2 Å². The molecule has 0 radical (unpaired) electrons. The van der Waals surface area contributed by atoms with Crippen LogP contribution in [-0.2, 0) is 14.8 Å². The summed E-state index contributed by atoms with van der Waals surface area (Å²) in [5, 5.41) is 3.04. The molecule has 0 aromatic carbocycles. The van der Waals surface area contributed by atoms with Crippen LogP contribution in [0.5, 0.6) is 0 Å². The molecule has 0 atom stereocenters. The third-order valence-corrected chi connectivity index (χ3v) is 2.94. The third kappa shape index (κ3) is 8.43. The fourth-order valence-corrected chi connectivity index (χ4v) is 1.78. The Labute approximate surface area is 86.3 Å². The lowest BCUT2D eigenvalue weighted by Crippen LogP contribution is -2.35. The van der Waals surface area contributed by atoms with Crippen molar-refractivity contribution >= 4 is 10.0 Å². The second-order valence-electron chi connectivity index (χ2n) is 3.31. The summed E-state index contributed by atoms with van der Waals surface area (Å²) in [6.07, 6.45) is 0. The number of sulfonamides is 1. The van der Waals surface area contributed by atoms with Gasteiger partial charge in [0.2, 0.25) is 10.0 Å². The molecule has 0 saturated heterocycles. The molecule has 0 fully saturated rings. The van der Waals surface area contributed by atoms with Gasteiger partial charge in [-0.15, -0.1) is 0 Å². The molecule has 0 bridgehead atoms. The van der Waals surface area contributed by atoms with Crippen molar-refractivity contribution in [1.82, 2.24) is 10.0 Å². The molecule has 0 aromatic rings. The number of hydrogen-bond donors (Lipinski definition) is 2. The summed E-state index contributed by atoms with van der Waals surface area (Å²) in [7, 11) is -1.61. The molecule has 2 N–H and O–H groups in total. The second kappa shape index (κ2) is 7.17. The molecule has 6 heteroatoms. The Kier molecular flexibility index (Phi) is 7.08. The molecule has 0 unspecified atom stereocenters. The first kappa shape index (κ1) is 13.8. The third-order valence-electron chi connectivity index (χ3n) is 1.55. The van der Waals surface area contributed by atoms with Gasteiger partial charge >= 0.3 is 0 Å². The van der Waals surface area contributed by atoms with Crippen LogP contribution in [0.15, 0.2) is 0 Å². The van der Waals surface area contributed by atoms with Gasteiger partial charge in [0.05, 0.1) is 12.4 Å². The minimum absolute atomic E-state index is 0.106. The minimum Gasteiger partial charge on any atom is -0.383 e. The molecule has 86 valence electrons. The molecule has 0 aliphatic rings. The molecule has 14 heavy (non-hydrogen) atoms. The van der Waals surface area contributed by atoms with Crippen molar-refractivity contribution in [3.63, 3.8) is 0 Å². The van der Waals surface area contributed by atoms with Crippen molar-refractivity contribution in [1.29, 1.82) is 0 Å². The Morgan fingerprint density at radius 2 is 1.93 bits per heavy atom. The molecule has 5 nitrogen and oxygen atoms in total. The maximum atomic E-state index is 11.3. The molecule has 0 rings (SSSR count). The zero-order valence-corrected chi connectivity index (χ0v) is 9.86. The standard InChI is InChI=1S/C8H20N2O3S/c1-8(2)9-5-7-14(11,12)10-4-6-13-3/h8-10H,4-7H2,1-3H3. The van der Waals surface area contributed by atoms with Crippen LogP contribution in [0.4, 0.5) is 0 Å². The highest BCUT2D eigenvalue weighted by atomic mass is 32.2. The monoisotopic (exact) mass is 224 g/mol. The Morgan fingerprint density at radius 1 is 1.29 bits per heavy atom. The van der Waals surface area contributed by atoms with Gasteiger partial charge < -0.3 is 10.1 Å². The second-order valence-corrected chi connectivity index (χ2v) is 5.24. The van der Waals surface area contributed by atoms with Crippen LogP contribution >= 0.6 is 0 Å². The van der Waals surface area contributed by atoms with Crippen LogP contribution in [0.2, 0.25) is 0 Å². The van der Waals surface area contributed by atoms with Gasteiger partial charge in [-0.25, -0.2) is 13.1 Å². The highest BCUT2D eigenvalue weighted by Crippen LogP contribution is 1.84. The number of hydrogen-bond acceptors (Lipinski definition) is 4. The van der Waals surface area contributed by atoms with Crippen LogP contribution in [0.3, 0.4) is 0 Å². The van der Waals surface area contributed by atoms with Crippen molar-refractivity contribution in [2.75, 3.05) is 32.6 Å². The first-order valence-electron chi connectivity index (χ1n) is 4.67. The van der Waals surface area contributed by atoms with Gasteiger partial charge in [0, 0.05) is 26.2 Å². The maximum absolute atomic E-state index is 11.3. The topological polar surface area (TPSA) is 67.4 Å². The molecule has 0 amide bonds. The van der Waals surface area contributed by atoms with E-state index in [1.807, 2.05) is 13.8 Å². The quantitative estimate of drug-likeness (QED) is 0.548. The highest BCUT2D eigenvalue weighted by Gasteiger charge is 2.08. The van der Waals surface area contributed by atoms with Gasteiger partial charge in [-0.2, -0.15) is 0 Å². The lowest BCUT2D eigenvalue weighted by atomic mass is 10.4. The van der Waals surface area contributed by atoms with E-state index in [0.29, 0.717) is 25.7 Å². The van der Waals surface area contributed by atoms with Gasteiger partial charge in [0.1, 0.15) is 0 Å². The molecule has 0 aliphatic carbocycles. The Morgan fingerprint density at radius 3 is 2.43 bits per heavy atom. The van der Waals surface area contributed by atoms with Gasteiger partial charge in [-0.3, -0.25) is 0 Å².